The van der Waals surface area contributed by atoms with Crippen LogP contribution >= 0.6 is 0 Å². The molecule has 0 radical (unpaired) electrons. The maximum absolute atomic E-state index is 13.0. The normalized spacial score (nSPS) is 13.5. The van der Waals surface area contributed by atoms with Gasteiger partial charge < -0.3 is 10.0 Å². The molecule has 1 aromatic carbocycles. The first kappa shape index (κ1) is 17.8. The summed E-state index contributed by atoms with van der Waals surface area (Å²) in [6.45, 7) is 4.38. The fourth-order valence-corrected chi connectivity index (χ4v) is 2.08. The summed E-state index contributed by atoms with van der Waals surface area (Å²) in [4.78, 5) is 0. The lowest BCUT2D eigenvalue weighted by Crippen LogP contribution is -2.43. The van der Waals surface area contributed by atoms with Crippen molar-refractivity contribution < 1.29 is 36.4 Å². The molecule has 0 saturated heterocycles. The molecule has 0 bridgehead atoms. The van der Waals surface area contributed by atoms with E-state index >= 15 is 0 Å². The minimum absolute atomic E-state index is 0.210. The van der Waals surface area contributed by atoms with Gasteiger partial charge in [-0.1, -0.05) is 26.8 Å². The fourth-order valence-electron chi connectivity index (χ4n) is 2.08. The molecular formula is C12H13BF6O2. The highest BCUT2D eigenvalue weighted by molar-refractivity contribution is 6.60. The monoisotopic (exact) mass is 314 g/mol. The summed E-state index contributed by atoms with van der Waals surface area (Å²) in [5, 5.41) is 18.4. The highest BCUT2D eigenvalue weighted by Gasteiger charge is 2.47. The first-order valence-corrected chi connectivity index (χ1v) is 5.85. The van der Waals surface area contributed by atoms with E-state index in [9.17, 15) is 36.4 Å². The lowest BCUT2D eigenvalue weighted by Gasteiger charge is -2.27. The third-order valence-electron chi connectivity index (χ3n) is 2.90. The fraction of sp³-hybridized carbons (Fsp3) is 0.500. The summed E-state index contributed by atoms with van der Waals surface area (Å²) in [5.74, 6) is 0. The van der Waals surface area contributed by atoms with Crippen LogP contribution in [0.2, 0.25) is 0 Å². The van der Waals surface area contributed by atoms with Crippen LogP contribution in [0, 0.1) is 0 Å². The SMILES string of the molecule is CC(C)(C)c1ccc(C(F)(F)F)c(C(F)(F)F)c1B(O)O. The van der Waals surface area contributed by atoms with Crippen molar-refractivity contribution in [2.75, 3.05) is 0 Å². The maximum atomic E-state index is 13.0. The second-order valence-electron chi connectivity index (χ2n) is 5.57. The molecule has 21 heavy (non-hydrogen) atoms. The zero-order chi connectivity index (χ0) is 16.8. The lowest BCUT2D eigenvalue weighted by atomic mass is 9.67. The second-order valence-corrected chi connectivity index (χ2v) is 5.57. The molecule has 2 N–H and O–H groups in total. The van der Waals surface area contributed by atoms with Gasteiger partial charge in [0, 0.05) is 0 Å². The van der Waals surface area contributed by atoms with Crippen LogP contribution in [-0.4, -0.2) is 17.2 Å². The van der Waals surface area contributed by atoms with E-state index in [0.29, 0.717) is 6.07 Å². The van der Waals surface area contributed by atoms with Gasteiger partial charge in [-0.3, -0.25) is 0 Å². The molecule has 0 aliphatic rings. The van der Waals surface area contributed by atoms with Gasteiger partial charge in [-0.2, -0.15) is 26.3 Å². The number of rotatable bonds is 1. The van der Waals surface area contributed by atoms with Crippen LogP contribution in [0.25, 0.3) is 0 Å². The summed E-state index contributed by atoms with van der Waals surface area (Å²) in [5.41, 5.74) is -6.37. The van der Waals surface area contributed by atoms with Crippen molar-refractivity contribution in [2.45, 2.75) is 38.5 Å². The van der Waals surface area contributed by atoms with Crippen LogP contribution < -0.4 is 5.46 Å². The van der Waals surface area contributed by atoms with Crippen LogP contribution in [0.3, 0.4) is 0 Å². The first-order chi connectivity index (χ1) is 9.17. The number of halogens is 6. The summed E-state index contributed by atoms with van der Waals surface area (Å²) < 4.78 is 77.5. The lowest BCUT2D eigenvalue weighted by molar-refractivity contribution is -0.161. The van der Waals surface area contributed by atoms with Gasteiger partial charge in [-0.05, 0) is 22.5 Å². The minimum atomic E-state index is -5.37. The average molecular weight is 314 g/mol. The minimum Gasteiger partial charge on any atom is -0.423 e. The van der Waals surface area contributed by atoms with Crippen molar-refractivity contribution in [2.24, 2.45) is 0 Å². The first-order valence-electron chi connectivity index (χ1n) is 5.85. The van der Waals surface area contributed by atoms with E-state index in [2.05, 4.69) is 0 Å². The number of hydrogen-bond acceptors (Lipinski definition) is 2. The molecule has 0 unspecified atom stereocenters. The van der Waals surface area contributed by atoms with Gasteiger partial charge in [0.2, 0.25) is 0 Å². The van der Waals surface area contributed by atoms with E-state index in [4.69, 9.17) is 0 Å². The average Bonchev–Trinajstić information content (AvgIpc) is 2.23. The number of alkyl halides is 6. The largest absolute Gasteiger partial charge is 0.489 e. The van der Waals surface area contributed by atoms with Gasteiger partial charge in [0.05, 0.1) is 11.1 Å². The Labute approximate surface area is 117 Å². The summed E-state index contributed by atoms with van der Waals surface area (Å²) in [6, 6.07) is 1.15. The van der Waals surface area contributed by atoms with Crippen molar-refractivity contribution in [3.05, 3.63) is 28.8 Å². The van der Waals surface area contributed by atoms with Gasteiger partial charge in [0.25, 0.3) is 0 Å². The predicted octanol–water partition coefficient (Wildman–Crippen LogP) is 2.70. The van der Waals surface area contributed by atoms with E-state index in [1.807, 2.05) is 0 Å². The zero-order valence-electron chi connectivity index (χ0n) is 11.4. The van der Waals surface area contributed by atoms with Gasteiger partial charge in [-0.25, -0.2) is 0 Å². The molecule has 1 aromatic rings. The molecule has 1 rings (SSSR count). The van der Waals surface area contributed by atoms with Crippen LogP contribution in [0.5, 0.6) is 0 Å². The molecule has 0 spiro atoms. The molecule has 0 aromatic heterocycles. The molecule has 0 saturated carbocycles. The van der Waals surface area contributed by atoms with Crippen molar-refractivity contribution in [3.8, 4) is 0 Å². The molecule has 0 aliphatic heterocycles. The molecule has 2 nitrogen and oxygen atoms in total. The molecule has 0 heterocycles. The molecule has 0 aliphatic carbocycles. The quantitative estimate of drug-likeness (QED) is 0.618. The third-order valence-corrected chi connectivity index (χ3v) is 2.90. The zero-order valence-corrected chi connectivity index (χ0v) is 11.4. The molecule has 0 amide bonds. The summed E-state index contributed by atoms with van der Waals surface area (Å²) in [7, 11) is -2.67. The van der Waals surface area contributed by atoms with E-state index in [1.165, 1.54) is 20.8 Å². The molecule has 9 heteroatoms. The van der Waals surface area contributed by atoms with Gasteiger partial charge in [-0.15, -0.1) is 0 Å². The van der Waals surface area contributed by atoms with Gasteiger partial charge in [0.1, 0.15) is 0 Å². The van der Waals surface area contributed by atoms with Crippen LogP contribution in [0.15, 0.2) is 12.1 Å². The van der Waals surface area contributed by atoms with Crippen molar-refractivity contribution in [3.63, 3.8) is 0 Å². The summed E-state index contributed by atoms with van der Waals surface area (Å²) >= 11 is 0. The molecular weight excluding hydrogens is 301 g/mol. The Bertz CT molecular complexity index is 528. The smallest absolute Gasteiger partial charge is 0.423 e. The second kappa shape index (κ2) is 5.21. The topological polar surface area (TPSA) is 40.5 Å². The van der Waals surface area contributed by atoms with Crippen LogP contribution in [0.4, 0.5) is 26.3 Å². The van der Waals surface area contributed by atoms with Crippen molar-refractivity contribution >= 4 is 12.6 Å². The Hall–Kier alpha value is -1.22. The highest BCUT2D eigenvalue weighted by atomic mass is 19.4. The van der Waals surface area contributed by atoms with Crippen LogP contribution in [-0.2, 0) is 17.8 Å². The molecule has 0 fully saturated rings. The predicted molar refractivity (Wildman–Crippen MR) is 65.0 cm³/mol. The Balaban J connectivity index is 3.90. The standard InChI is InChI=1S/C12H13BF6O2/c1-10(2,3)7-5-4-6(11(14,15)16)8(12(17,18)19)9(7)13(20)21/h4-5,20-21H,1-3H3. The van der Waals surface area contributed by atoms with E-state index < -0.39 is 41.5 Å². The van der Waals surface area contributed by atoms with Crippen molar-refractivity contribution in [1.82, 2.24) is 0 Å². The van der Waals surface area contributed by atoms with E-state index in [0.717, 1.165) is 6.07 Å². The highest BCUT2D eigenvalue weighted by Crippen LogP contribution is 2.41. The number of benzene rings is 1. The third kappa shape index (κ3) is 3.71. The Morgan fingerprint density at radius 1 is 0.810 bits per heavy atom. The molecule has 0 atom stereocenters. The Kier molecular flexibility index (Phi) is 4.42. The van der Waals surface area contributed by atoms with E-state index in [1.54, 1.807) is 0 Å². The Morgan fingerprint density at radius 3 is 1.52 bits per heavy atom. The molecule has 118 valence electrons. The van der Waals surface area contributed by atoms with Crippen molar-refractivity contribution in [1.29, 1.82) is 0 Å². The van der Waals surface area contributed by atoms with Gasteiger partial charge >= 0.3 is 19.5 Å². The summed E-state index contributed by atoms with van der Waals surface area (Å²) in [6.07, 6.45) is -10.6. The van der Waals surface area contributed by atoms with Gasteiger partial charge in [0.15, 0.2) is 0 Å². The maximum Gasteiger partial charge on any atom is 0.489 e. The number of hydrogen-bond donors (Lipinski definition) is 2. The Morgan fingerprint density at radius 2 is 1.24 bits per heavy atom. The van der Waals surface area contributed by atoms with E-state index in [-0.39, 0.29) is 5.56 Å². The van der Waals surface area contributed by atoms with Crippen LogP contribution in [0.1, 0.15) is 37.5 Å².